The first-order chi connectivity index (χ1) is 18.0. The van der Waals surface area contributed by atoms with Gasteiger partial charge in [0.2, 0.25) is 5.90 Å². The predicted octanol–water partition coefficient (Wildman–Crippen LogP) is 2.31. The molecule has 2 aromatic rings. The lowest BCUT2D eigenvalue weighted by Crippen LogP contribution is -2.56. The van der Waals surface area contributed by atoms with Crippen LogP contribution in [0.4, 0.5) is 0 Å². The molecule has 1 amide bonds. The number of hydrazine groups is 1. The van der Waals surface area contributed by atoms with E-state index in [4.69, 9.17) is 24.3 Å². The van der Waals surface area contributed by atoms with Crippen molar-refractivity contribution in [2.24, 2.45) is 4.99 Å². The zero-order valence-electron chi connectivity index (χ0n) is 21.1. The van der Waals surface area contributed by atoms with Gasteiger partial charge < -0.3 is 19.3 Å². The maximum absolute atomic E-state index is 13.7. The third-order valence-corrected chi connectivity index (χ3v) is 7.38. The molecule has 0 spiro atoms. The van der Waals surface area contributed by atoms with Crippen molar-refractivity contribution in [2.45, 2.75) is 31.4 Å². The van der Waals surface area contributed by atoms with Gasteiger partial charge in [-0.3, -0.25) is 15.1 Å². The van der Waals surface area contributed by atoms with Crippen molar-refractivity contribution in [1.82, 2.24) is 15.8 Å². The number of amides is 1. The second kappa shape index (κ2) is 13.3. The number of morpholine rings is 1. The molecule has 2 atom stereocenters. The van der Waals surface area contributed by atoms with Gasteiger partial charge in [0.15, 0.2) is 5.54 Å². The molecular weight excluding hydrogens is 540 g/mol. The number of nitrogens with zero attached hydrogens (tertiary/aromatic N) is 2. The van der Waals surface area contributed by atoms with Crippen LogP contribution in [0, 0.1) is 0 Å². The Morgan fingerprint density at radius 3 is 2.70 bits per heavy atom. The Kier molecular flexibility index (Phi) is 9.93. The maximum Gasteiger partial charge on any atom is 0.266 e. The average Bonchev–Trinajstić information content (AvgIpc) is 3.26. The monoisotopic (exact) mass is 574 g/mol. The van der Waals surface area contributed by atoms with Gasteiger partial charge in [-0.15, -0.1) is 0 Å². The normalized spacial score (nSPS) is 21.8. The second-order valence-corrected chi connectivity index (χ2v) is 10.0. The molecule has 0 bridgehead atoms. The Labute approximate surface area is 226 Å². The van der Waals surface area contributed by atoms with E-state index in [0.717, 1.165) is 48.4 Å². The first-order valence-corrected chi connectivity index (χ1v) is 13.5. The summed E-state index contributed by atoms with van der Waals surface area (Å²) in [6.07, 6.45) is 0.455. The van der Waals surface area contributed by atoms with Crippen LogP contribution in [0.5, 0.6) is 5.75 Å². The predicted molar refractivity (Wildman–Crippen MR) is 145 cm³/mol. The molecule has 2 aliphatic rings. The third kappa shape index (κ3) is 7.08. The number of hydrogen-bond donors (Lipinski definition) is 3. The number of hydrogen-bond acceptors (Lipinski definition) is 8. The first kappa shape index (κ1) is 27.5. The number of aliphatic hydroxyl groups is 1. The van der Waals surface area contributed by atoms with Gasteiger partial charge >= 0.3 is 0 Å². The smallest absolute Gasteiger partial charge is 0.266 e. The van der Waals surface area contributed by atoms with Gasteiger partial charge in [0.25, 0.3) is 5.91 Å². The molecule has 3 N–H and O–H groups in total. The topological polar surface area (TPSA) is 105 Å². The highest BCUT2D eigenvalue weighted by molar-refractivity contribution is 9.10. The van der Waals surface area contributed by atoms with Crippen LogP contribution < -0.4 is 15.6 Å². The van der Waals surface area contributed by atoms with Crippen molar-refractivity contribution in [3.05, 3.63) is 64.1 Å². The molecule has 2 aliphatic heterocycles. The summed E-state index contributed by atoms with van der Waals surface area (Å²) >= 11 is 3.62. The maximum atomic E-state index is 13.7. The van der Waals surface area contributed by atoms with Crippen molar-refractivity contribution in [1.29, 1.82) is 0 Å². The summed E-state index contributed by atoms with van der Waals surface area (Å²) in [5.74, 6) is 0.882. The molecule has 2 heterocycles. The van der Waals surface area contributed by atoms with Gasteiger partial charge in [0.05, 0.1) is 19.8 Å². The summed E-state index contributed by atoms with van der Waals surface area (Å²) in [5.41, 5.74) is 6.57. The molecule has 9 nitrogen and oxygen atoms in total. The van der Waals surface area contributed by atoms with E-state index >= 15 is 0 Å². The quantitative estimate of drug-likeness (QED) is 0.264. The molecule has 0 aromatic heterocycles. The molecule has 1 saturated heterocycles. The summed E-state index contributed by atoms with van der Waals surface area (Å²) in [6, 6.07) is 15.3. The summed E-state index contributed by atoms with van der Waals surface area (Å²) in [7, 11) is 0. The summed E-state index contributed by atoms with van der Waals surface area (Å²) in [6.45, 7) is 7.11. The van der Waals surface area contributed by atoms with Crippen LogP contribution >= 0.6 is 15.9 Å². The number of carbonyl (C=O) groups is 1. The fourth-order valence-electron chi connectivity index (χ4n) is 4.37. The van der Waals surface area contributed by atoms with Gasteiger partial charge in [-0.25, -0.2) is 10.4 Å². The van der Waals surface area contributed by atoms with Crippen molar-refractivity contribution >= 4 is 27.7 Å². The van der Waals surface area contributed by atoms with Gasteiger partial charge in [0, 0.05) is 55.7 Å². The van der Waals surface area contributed by atoms with Gasteiger partial charge in [-0.05, 0) is 42.8 Å². The molecule has 0 unspecified atom stereocenters. The average molecular weight is 576 g/mol. The van der Waals surface area contributed by atoms with Gasteiger partial charge in [-0.1, -0.05) is 34.1 Å². The fraction of sp³-hybridized carbons (Fsp3) is 0.481. The number of carbonyl (C=O) groups excluding carboxylic acids is 1. The molecule has 4 rings (SSSR count). The van der Waals surface area contributed by atoms with Crippen molar-refractivity contribution in [2.75, 3.05) is 52.6 Å². The Morgan fingerprint density at radius 2 is 1.97 bits per heavy atom. The lowest BCUT2D eigenvalue weighted by molar-refractivity contribution is -0.129. The first-order valence-electron chi connectivity index (χ1n) is 12.7. The van der Waals surface area contributed by atoms with Crippen LogP contribution in [-0.4, -0.2) is 86.1 Å². The fourth-order valence-corrected chi connectivity index (χ4v) is 4.79. The Balaban J connectivity index is 1.50. The summed E-state index contributed by atoms with van der Waals surface area (Å²) < 4.78 is 18.1. The summed E-state index contributed by atoms with van der Waals surface area (Å²) in [4.78, 5) is 20.9. The molecular formula is C27H35BrN4O5. The third-order valence-electron chi connectivity index (χ3n) is 6.60. The van der Waals surface area contributed by atoms with Crippen LogP contribution in [0.1, 0.15) is 24.5 Å². The van der Waals surface area contributed by atoms with E-state index in [9.17, 15) is 4.79 Å². The number of aliphatic hydroxyl groups excluding tert-OH is 1. The number of rotatable bonds is 12. The highest BCUT2D eigenvalue weighted by Gasteiger charge is 2.50. The van der Waals surface area contributed by atoms with Crippen molar-refractivity contribution in [3.63, 3.8) is 0 Å². The van der Waals surface area contributed by atoms with Crippen LogP contribution in [0.15, 0.2) is 58.0 Å². The Hall–Kier alpha value is -2.50. The highest BCUT2D eigenvalue weighted by Crippen LogP contribution is 2.34. The van der Waals surface area contributed by atoms with E-state index < -0.39 is 11.6 Å². The van der Waals surface area contributed by atoms with E-state index in [1.54, 1.807) is 0 Å². The van der Waals surface area contributed by atoms with E-state index in [2.05, 4.69) is 31.7 Å². The molecule has 200 valence electrons. The minimum atomic E-state index is -1.15. The Bertz CT molecular complexity index is 1060. The SMILES string of the molecule is C[C@@H]1OC(c2ccc(OCCCO)cc2)=N[C@]1(Cc1ccccc1Br)C(=O)NNCCN1CCOCC1. The van der Waals surface area contributed by atoms with Crippen LogP contribution in [0.25, 0.3) is 0 Å². The number of benzene rings is 2. The summed E-state index contributed by atoms with van der Waals surface area (Å²) in [5, 5.41) is 8.94. The van der Waals surface area contributed by atoms with E-state index in [1.165, 1.54) is 0 Å². The molecule has 0 radical (unpaired) electrons. The van der Waals surface area contributed by atoms with Crippen LogP contribution in [0.3, 0.4) is 0 Å². The lowest BCUT2D eigenvalue weighted by Gasteiger charge is -2.29. The van der Waals surface area contributed by atoms with E-state index in [1.807, 2.05) is 55.5 Å². The van der Waals surface area contributed by atoms with Crippen molar-refractivity contribution < 1.29 is 24.1 Å². The molecule has 0 aliphatic carbocycles. The number of aliphatic imine (C=N–C) groups is 1. The van der Waals surface area contributed by atoms with Crippen molar-refractivity contribution in [3.8, 4) is 5.75 Å². The zero-order valence-corrected chi connectivity index (χ0v) is 22.7. The molecule has 0 saturated carbocycles. The van der Waals surface area contributed by atoms with Crippen LogP contribution in [-0.2, 0) is 20.7 Å². The Morgan fingerprint density at radius 1 is 1.22 bits per heavy atom. The minimum absolute atomic E-state index is 0.0877. The largest absolute Gasteiger partial charge is 0.494 e. The number of halogens is 1. The molecule has 2 aromatic carbocycles. The standard InChI is InChI=1S/C27H35BrN4O5/c1-20-27(19-22-5-2-3-6-24(22)28,26(34)31-29-11-12-32-13-17-35-18-14-32)30-25(37-20)21-7-9-23(10-8-21)36-16-4-15-33/h2-3,5-10,20,29,33H,4,11-19H2,1H3,(H,31,34)/t20-,27-/m0/s1. The number of ether oxygens (including phenoxy) is 3. The second-order valence-electron chi connectivity index (χ2n) is 9.15. The molecule has 37 heavy (non-hydrogen) atoms. The lowest BCUT2D eigenvalue weighted by atomic mass is 9.86. The van der Waals surface area contributed by atoms with E-state index in [-0.39, 0.29) is 12.5 Å². The van der Waals surface area contributed by atoms with Crippen LogP contribution in [0.2, 0.25) is 0 Å². The minimum Gasteiger partial charge on any atom is -0.494 e. The molecule has 1 fully saturated rings. The highest BCUT2D eigenvalue weighted by atomic mass is 79.9. The molecule has 10 heteroatoms. The van der Waals surface area contributed by atoms with Gasteiger partial charge in [-0.2, -0.15) is 0 Å². The van der Waals surface area contributed by atoms with Gasteiger partial charge in [0.1, 0.15) is 11.9 Å². The van der Waals surface area contributed by atoms with E-state index in [0.29, 0.717) is 37.6 Å². The number of nitrogens with one attached hydrogen (secondary N) is 2. The zero-order chi connectivity index (χ0) is 26.1.